The molecule has 0 bridgehead atoms. The maximum absolute atomic E-state index is 9.06. The van der Waals surface area contributed by atoms with Crippen molar-refractivity contribution in [2.45, 2.75) is 0 Å². The smallest absolute Gasteiger partial charge is 0.220 e. The molecule has 0 aliphatic carbocycles. The average molecular weight is 135 g/mol. The Kier molecular flexibility index (Phi) is 7.29. The minimum absolute atomic E-state index is 0.750. The molecule has 52 valence electrons. The van der Waals surface area contributed by atoms with Crippen molar-refractivity contribution in [3.63, 3.8) is 0 Å². The summed E-state index contributed by atoms with van der Waals surface area (Å²) in [5.74, 6) is 0. The maximum Gasteiger partial charge on any atom is 0.220 e. The predicted molar refractivity (Wildman–Crippen MR) is 28.4 cm³/mol. The highest BCUT2D eigenvalue weighted by molar-refractivity contribution is 4.22. The van der Waals surface area contributed by atoms with Crippen LogP contribution in [0.15, 0.2) is 13.2 Å². The van der Waals surface area contributed by atoms with Crippen LogP contribution >= 0.6 is 0 Å². The van der Waals surface area contributed by atoms with Crippen molar-refractivity contribution in [3.8, 4) is 0 Å². The largest absolute Gasteiger partial charge is 0.230 e. The summed E-state index contributed by atoms with van der Waals surface area (Å²) in [7, 11) is 0. The van der Waals surface area contributed by atoms with Gasteiger partial charge in [-0.05, 0) is 0 Å². The lowest BCUT2D eigenvalue weighted by Crippen LogP contribution is -2.27. The van der Waals surface area contributed by atoms with Crippen LogP contribution < -0.4 is 5.53 Å². The number of nitrogens with one attached hydrogen (secondary N) is 1. The molecule has 0 saturated carbocycles. The van der Waals surface area contributed by atoms with Crippen LogP contribution in [0, 0.1) is 20.2 Å². The van der Waals surface area contributed by atoms with Crippen LogP contribution in [-0.2, 0) is 0 Å². The van der Waals surface area contributed by atoms with Gasteiger partial charge in [-0.1, -0.05) is 0 Å². The van der Waals surface area contributed by atoms with Gasteiger partial charge in [0.25, 0.3) is 0 Å². The van der Waals surface area contributed by atoms with Crippen molar-refractivity contribution in [3.05, 3.63) is 33.4 Å². The summed E-state index contributed by atoms with van der Waals surface area (Å²) in [6, 6.07) is 0. The first-order chi connectivity index (χ1) is 4.13. The van der Waals surface area contributed by atoms with E-state index in [-0.39, 0.29) is 0 Å². The van der Waals surface area contributed by atoms with Crippen molar-refractivity contribution < 1.29 is 10.1 Å². The van der Waals surface area contributed by atoms with Crippen LogP contribution in [0.3, 0.4) is 0 Å². The lowest BCUT2D eigenvalue weighted by atomic mass is 11.3. The van der Waals surface area contributed by atoms with Crippen LogP contribution in [0.5, 0.6) is 0 Å². The first-order valence-electron chi connectivity index (χ1n) is 1.68. The molecular formula is C2H5N3O4. The van der Waals surface area contributed by atoms with E-state index in [4.69, 9.17) is 20.2 Å². The van der Waals surface area contributed by atoms with E-state index in [1.807, 2.05) is 0 Å². The van der Waals surface area contributed by atoms with Crippen molar-refractivity contribution in [2.24, 2.45) is 0 Å². The molecule has 0 saturated heterocycles. The minimum Gasteiger partial charge on any atom is -0.230 e. The Morgan fingerprint density at radius 3 is 1.33 bits per heavy atom. The summed E-state index contributed by atoms with van der Waals surface area (Å²) < 4.78 is 0. The van der Waals surface area contributed by atoms with Crippen molar-refractivity contribution in [1.29, 1.82) is 0 Å². The molecule has 9 heavy (non-hydrogen) atoms. The number of nitro groups is 2. The summed E-state index contributed by atoms with van der Waals surface area (Å²) in [6.45, 7) is 6.00. The van der Waals surface area contributed by atoms with E-state index in [2.05, 4.69) is 13.2 Å². The summed E-state index contributed by atoms with van der Waals surface area (Å²) in [5, 5.41) is 15.6. The molecule has 7 nitrogen and oxygen atoms in total. The van der Waals surface area contributed by atoms with Gasteiger partial charge in [0.05, 0.1) is 0 Å². The van der Waals surface area contributed by atoms with Crippen LogP contribution in [0.1, 0.15) is 0 Å². The summed E-state index contributed by atoms with van der Waals surface area (Å²) in [6.07, 6.45) is 0. The Bertz CT molecular complexity index is 100. The Morgan fingerprint density at radius 2 is 1.33 bits per heavy atom. The third-order valence-corrected chi connectivity index (χ3v) is 0.163. The molecule has 0 amide bonds. The van der Waals surface area contributed by atoms with Gasteiger partial charge in [0.2, 0.25) is 10.1 Å². The van der Waals surface area contributed by atoms with Gasteiger partial charge in [-0.25, -0.2) is 20.2 Å². The van der Waals surface area contributed by atoms with Crippen molar-refractivity contribution in [1.82, 2.24) is 5.53 Å². The minimum atomic E-state index is -1.25. The predicted octanol–water partition coefficient (Wildman–Crippen LogP) is -0.238. The third kappa shape index (κ3) is 21.8. The fourth-order valence-corrected chi connectivity index (χ4v) is 0.0667. The van der Waals surface area contributed by atoms with Gasteiger partial charge in [0, 0.05) is 0 Å². The highest BCUT2D eigenvalue weighted by Gasteiger charge is 1.99. The monoisotopic (exact) mass is 135 g/mol. The zero-order valence-electron chi connectivity index (χ0n) is 4.44. The molecule has 7 heteroatoms. The Hall–Kier alpha value is -1.66. The fourth-order valence-electron chi connectivity index (χ4n) is 0.0667. The number of hydrogen-bond donors (Lipinski definition) is 1. The Labute approximate surface area is 50.2 Å². The van der Waals surface area contributed by atoms with E-state index in [0.29, 0.717) is 0 Å². The molecule has 0 aromatic carbocycles. The highest BCUT2D eigenvalue weighted by atomic mass is 16.8. The molecule has 1 N–H and O–H groups in total. The number of nitrogens with zero attached hydrogens (tertiary/aromatic N) is 2. The zero-order valence-corrected chi connectivity index (χ0v) is 4.44. The number of rotatable bonds is 2. The Balaban J connectivity index is 0. The molecule has 0 atom stereocenters. The first kappa shape index (κ1) is 10.3. The second kappa shape index (κ2) is 6.34. The normalized spacial score (nSPS) is 6.22. The van der Waals surface area contributed by atoms with Gasteiger partial charge in [-0.2, -0.15) is 0 Å². The SMILES string of the molecule is C=C.O=[N+]([O-])N[N+](=O)[O-]. The lowest BCUT2D eigenvalue weighted by Gasteiger charge is -1.78. The summed E-state index contributed by atoms with van der Waals surface area (Å²) in [4.78, 5) is 18.1. The molecule has 0 aliphatic heterocycles. The summed E-state index contributed by atoms with van der Waals surface area (Å²) in [5.41, 5.74) is 0.750. The van der Waals surface area contributed by atoms with Crippen LogP contribution in [0.4, 0.5) is 0 Å². The molecule has 0 aromatic rings. The van der Waals surface area contributed by atoms with E-state index in [1.54, 1.807) is 0 Å². The number of hydrogen-bond acceptors (Lipinski definition) is 4. The van der Waals surface area contributed by atoms with Crippen LogP contribution in [-0.4, -0.2) is 10.1 Å². The molecule has 0 heterocycles. The zero-order chi connectivity index (χ0) is 7.86. The van der Waals surface area contributed by atoms with Gasteiger partial charge >= 0.3 is 0 Å². The first-order valence-corrected chi connectivity index (χ1v) is 1.68. The highest BCUT2D eigenvalue weighted by Crippen LogP contribution is 1.55. The van der Waals surface area contributed by atoms with Gasteiger partial charge in [0.1, 0.15) is 0 Å². The quantitative estimate of drug-likeness (QED) is 0.320. The van der Waals surface area contributed by atoms with Gasteiger partial charge < -0.3 is 0 Å². The van der Waals surface area contributed by atoms with E-state index >= 15 is 0 Å². The standard InChI is InChI=1S/C2H4.HN3O4/c1-2;4-2(5)1-3(6)7/h1-2H2;1H. The third-order valence-electron chi connectivity index (χ3n) is 0.163. The second-order valence-corrected chi connectivity index (χ2v) is 0.614. The average Bonchev–Trinajstić information content (AvgIpc) is 1.68. The van der Waals surface area contributed by atoms with Crippen LogP contribution in [0.25, 0.3) is 0 Å². The second-order valence-electron chi connectivity index (χ2n) is 0.614. The molecular weight excluding hydrogens is 130 g/mol. The number of hydrazine groups is 2. The lowest BCUT2D eigenvalue weighted by molar-refractivity contribution is -0.778. The molecule has 0 spiro atoms. The Morgan fingerprint density at radius 1 is 1.11 bits per heavy atom. The van der Waals surface area contributed by atoms with Crippen molar-refractivity contribution >= 4 is 0 Å². The van der Waals surface area contributed by atoms with E-state index in [9.17, 15) is 0 Å². The van der Waals surface area contributed by atoms with E-state index < -0.39 is 10.1 Å². The molecule has 0 aliphatic rings. The van der Waals surface area contributed by atoms with E-state index in [0.717, 1.165) is 5.53 Å². The molecule has 0 radical (unpaired) electrons. The molecule has 0 fully saturated rings. The molecule has 0 aromatic heterocycles. The van der Waals surface area contributed by atoms with Gasteiger partial charge in [-0.3, -0.25) is 0 Å². The molecule has 0 rings (SSSR count). The van der Waals surface area contributed by atoms with Crippen LogP contribution in [0.2, 0.25) is 0 Å². The topological polar surface area (TPSA) is 98.3 Å². The fraction of sp³-hybridized carbons (Fsp3) is 0. The summed E-state index contributed by atoms with van der Waals surface area (Å²) >= 11 is 0. The van der Waals surface area contributed by atoms with Gasteiger partial charge in [0.15, 0.2) is 5.53 Å². The van der Waals surface area contributed by atoms with E-state index in [1.165, 1.54) is 0 Å². The molecule has 0 unspecified atom stereocenters. The maximum atomic E-state index is 9.06. The van der Waals surface area contributed by atoms with Gasteiger partial charge in [-0.15, -0.1) is 13.2 Å². The van der Waals surface area contributed by atoms with Crippen molar-refractivity contribution in [2.75, 3.05) is 0 Å².